The molecule has 1 atom stereocenters. The number of anilines is 1. The number of alkyl halides is 3. The van der Waals surface area contributed by atoms with Crippen LogP contribution in [0.5, 0.6) is 0 Å². The van der Waals surface area contributed by atoms with Gasteiger partial charge in [-0.3, -0.25) is 4.31 Å². The van der Waals surface area contributed by atoms with Gasteiger partial charge in [0, 0.05) is 29.9 Å². The standard InChI is InChI=1S/C22H22F3N3OS.C2H6/c1-4-27-20-13-16(22(23,24)25)9-12-18(20)19(14-26)21(27)15-7-10-17(11-8-15)28(5-2)30(29)6-3;1-2/h7-13H,4-6H2,1-3H3;1-2H3. The first-order chi connectivity index (χ1) is 15.3. The second-order valence-corrected chi connectivity index (χ2v) is 8.32. The number of nitrogens with zero attached hydrogens (tertiary/aromatic N) is 3. The predicted molar refractivity (Wildman–Crippen MR) is 126 cm³/mol. The molecule has 172 valence electrons. The fraction of sp³-hybridized carbons (Fsp3) is 0.375. The van der Waals surface area contributed by atoms with Gasteiger partial charge in [0.05, 0.1) is 22.3 Å². The summed E-state index contributed by atoms with van der Waals surface area (Å²) in [6.45, 7) is 10.6. The molecule has 0 saturated heterocycles. The molecule has 8 heteroatoms. The third-order valence-corrected chi connectivity index (χ3v) is 6.48. The van der Waals surface area contributed by atoms with Crippen molar-refractivity contribution >= 4 is 27.6 Å². The number of benzene rings is 2. The summed E-state index contributed by atoms with van der Waals surface area (Å²) in [5.41, 5.74) is 2.08. The van der Waals surface area contributed by atoms with E-state index < -0.39 is 22.7 Å². The minimum Gasteiger partial charge on any atom is -0.340 e. The second-order valence-electron chi connectivity index (χ2n) is 6.66. The van der Waals surface area contributed by atoms with Crippen LogP contribution in [-0.4, -0.2) is 21.1 Å². The number of fused-ring (bicyclic) bond motifs is 1. The largest absolute Gasteiger partial charge is 0.416 e. The molecule has 0 spiro atoms. The van der Waals surface area contributed by atoms with E-state index in [0.717, 1.165) is 23.4 Å². The summed E-state index contributed by atoms with van der Waals surface area (Å²) in [6, 6.07) is 12.9. The van der Waals surface area contributed by atoms with Crippen LogP contribution < -0.4 is 4.31 Å². The molecule has 3 aromatic rings. The van der Waals surface area contributed by atoms with Crippen LogP contribution >= 0.6 is 0 Å². The molecule has 4 nitrogen and oxygen atoms in total. The lowest BCUT2D eigenvalue weighted by molar-refractivity contribution is -0.137. The number of aryl methyl sites for hydroxylation is 1. The second kappa shape index (κ2) is 10.7. The highest BCUT2D eigenvalue weighted by Gasteiger charge is 2.31. The maximum atomic E-state index is 13.2. The lowest BCUT2D eigenvalue weighted by atomic mass is 10.0. The van der Waals surface area contributed by atoms with E-state index in [9.17, 15) is 22.6 Å². The molecule has 32 heavy (non-hydrogen) atoms. The topological polar surface area (TPSA) is 49.0 Å². The Hall–Kier alpha value is -2.79. The summed E-state index contributed by atoms with van der Waals surface area (Å²) in [5.74, 6) is 0.500. The third-order valence-electron chi connectivity index (χ3n) is 5.03. The van der Waals surface area contributed by atoms with Crippen molar-refractivity contribution < 1.29 is 17.4 Å². The van der Waals surface area contributed by atoms with Gasteiger partial charge in [-0.05, 0) is 43.7 Å². The minimum atomic E-state index is -4.45. The van der Waals surface area contributed by atoms with Gasteiger partial charge >= 0.3 is 6.18 Å². The summed E-state index contributed by atoms with van der Waals surface area (Å²) in [6.07, 6.45) is -4.45. The Morgan fingerprint density at radius 3 is 2.16 bits per heavy atom. The highest BCUT2D eigenvalue weighted by molar-refractivity contribution is 7.86. The third kappa shape index (κ3) is 4.83. The maximum Gasteiger partial charge on any atom is 0.416 e. The smallest absolute Gasteiger partial charge is 0.340 e. The molecule has 1 heterocycles. The first-order valence-corrected chi connectivity index (χ1v) is 11.9. The van der Waals surface area contributed by atoms with E-state index in [4.69, 9.17) is 0 Å². The fourth-order valence-corrected chi connectivity index (χ4v) is 4.61. The number of rotatable bonds is 6. The van der Waals surface area contributed by atoms with Crippen LogP contribution in [0.2, 0.25) is 0 Å². The quantitative estimate of drug-likeness (QED) is 0.406. The number of hydrogen-bond donors (Lipinski definition) is 0. The zero-order valence-electron chi connectivity index (χ0n) is 19.0. The molecule has 0 aliphatic carbocycles. The molecule has 0 radical (unpaired) electrons. The van der Waals surface area contributed by atoms with Gasteiger partial charge < -0.3 is 4.57 Å². The van der Waals surface area contributed by atoms with E-state index in [1.165, 1.54) is 6.07 Å². The fourth-order valence-electron chi connectivity index (χ4n) is 3.65. The van der Waals surface area contributed by atoms with Gasteiger partial charge in [0.2, 0.25) is 0 Å². The number of hydrogen-bond acceptors (Lipinski definition) is 2. The van der Waals surface area contributed by atoms with Gasteiger partial charge in [-0.25, -0.2) is 4.21 Å². The maximum absolute atomic E-state index is 13.2. The summed E-state index contributed by atoms with van der Waals surface area (Å²) in [5, 5.41) is 10.3. The number of nitriles is 1. The van der Waals surface area contributed by atoms with Gasteiger partial charge in [-0.1, -0.05) is 39.0 Å². The molecular weight excluding hydrogens is 435 g/mol. The summed E-state index contributed by atoms with van der Waals surface area (Å²) in [4.78, 5) is 0. The van der Waals surface area contributed by atoms with E-state index in [-0.39, 0.29) is 0 Å². The first kappa shape index (κ1) is 25.5. The molecule has 1 unspecified atom stereocenters. The van der Waals surface area contributed by atoms with Crippen molar-refractivity contribution in [2.45, 2.75) is 47.3 Å². The molecule has 0 fully saturated rings. The van der Waals surface area contributed by atoms with Crippen molar-refractivity contribution in [3.8, 4) is 17.3 Å². The van der Waals surface area contributed by atoms with Gasteiger partial charge in [0.15, 0.2) is 0 Å². The SMILES string of the molecule is CC.CCN(c1ccc(-c2c(C#N)c3ccc(C(F)(F)F)cc3n2CC)cc1)S(=O)CC. The minimum absolute atomic E-state index is 0.345. The van der Waals surface area contributed by atoms with Crippen LogP contribution in [0.1, 0.15) is 45.7 Å². The van der Waals surface area contributed by atoms with Crippen molar-refractivity contribution in [1.29, 1.82) is 5.26 Å². The Kier molecular flexibility index (Phi) is 8.51. The molecule has 0 N–H and O–H groups in total. The van der Waals surface area contributed by atoms with E-state index in [2.05, 4.69) is 6.07 Å². The molecule has 0 amide bonds. The Bertz CT molecular complexity index is 1130. The van der Waals surface area contributed by atoms with E-state index in [0.29, 0.717) is 41.0 Å². The van der Waals surface area contributed by atoms with Crippen molar-refractivity contribution in [3.05, 3.63) is 53.6 Å². The monoisotopic (exact) mass is 463 g/mol. The van der Waals surface area contributed by atoms with Crippen LogP contribution in [0.4, 0.5) is 18.9 Å². The molecule has 1 aromatic heterocycles. The van der Waals surface area contributed by atoms with Gasteiger partial charge in [-0.15, -0.1) is 0 Å². The average molecular weight is 464 g/mol. The Balaban J connectivity index is 0.00000176. The zero-order valence-corrected chi connectivity index (χ0v) is 19.8. The van der Waals surface area contributed by atoms with Gasteiger partial charge in [0.1, 0.15) is 17.1 Å². The Morgan fingerprint density at radius 2 is 1.69 bits per heavy atom. The Morgan fingerprint density at radius 1 is 1.06 bits per heavy atom. The van der Waals surface area contributed by atoms with Crippen LogP contribution in [-0.2, 0) is 23.7 Å². The first-order valence-electron chi connectivity index (χ1n) is 10.7. The van der Waals surface area contributed by atoms with Crippen molar-refractivity contribution in [2.24, 2.45) is 0 Å². The van der Waals surface area contributed by atoms with E-state index >= 15 is 0 Å². The van der Waals surface area contributed by atoms with Crippen molar-refractivity contribution in [3.63, 3.8) is 0 Å². The highest BCUT2D eigenvalue weighted by Crippen LogP contribution is 2.38. The van der Waals surface area contributed by atoms with Crippen LogP contribution in [0.15, 0.2) is 42.5 Å². The molecule has 0 bridgehead atoms. The predicted octanol–water partition coefficient (Wildman–Crippen LogP) is 6.75. The van der Waals surface area contributed by atoms with Crippen LogP contribution in [0, 0.1) is 11.3 Å². The van der Waals surface area contributed by atoms with E-state index in [1.807, 2.05) is 58.9 Å². The summed E-state index contributed by atoms with van der Waals surface area (Å²) < 4.78 is 55.4. The molecule has 0 aliphatic rings. The highest BCUT2D eigenvalue weighted by atomic mass is 32.2. The summed E-state index contributed by atoms with van der Waals surface area (Å²) in [7, 11) is -1.13. The summed E-state index contributed by atoms with van der Waals surface area (Å²) >= 11 is 0. The Labute approximate surface area is 189 Å². The average Bonchev–Trinajstić information content (AvgIpc) is 3.13. The zero-order chi connectivity index (χ0) is 24.1. The molecule has 0 saturated carbocycles. The lowest BCUT2D eigenvalue weighted by Crippen LogP contribution is -2.26. The van der Waals surface area contributed by atoms with Gasteiger partial charge in [0.25, 0.3) is 0 Å². The molecule has 2 aromatic carbocycles. The molecule has 3 rings (SSSR count). The normalized spacial score (nSPS) is 12.1. The lowest BCUT2D eigenvalue weighted by Gasteiger charge is -2.21. The van der Waals surface area contributed by atoms with Crippen molar-refractivity contribution in [1.82, 2.24) is 4.57 Å². The van der Waals surface area contributed by atoms with Crippen molar-refractivity contribution in [2.75, 3.05) is 16.6 Å². The van der Waals surface area contributed by atoms with Crippen LogP contribution in [0.3, 0.4) is 0 Å². The number of aromatic nitrogens is 1. The van der Waals surface area contributed by atoms with Crippen LogP contribution in [0.25, 0.3) is 22.2 Å². The van der Waals surface area contributed by atoms with E-state index in [1.54, 1.807) is 8.87 Å². The van der Waals surface area contributed by atoms with Gasteiger partial charge in [-0.2, -0.15) is 18.4 Å². The molecule has 0 aliphatic heterocycles. The molecular formula is C24H28F3N3OS. The number of halogens is 3.